The summed E-state index contributed by atoms with van der Waals surface area (Å²) in [5, 5.41) is 13.4. The summed E-state index contributed by atoms with van der Waals surface area (Å²) in [4.78, 5) is 24.1. The van der Waals surface area contributed by atoms with E-state index in [4.69, 9.17) is 0 Å². The van der Waals surface area contributed by atoms with Crippen LogP contribution in [0, 0.1) is 0 Å². The molecule has 0 aliphatic heterocycles. The highest BCUT2D eigenvalue weighted by Gasteiger charge is 2.16. The number of aromatic nitrogens is 5. The molecule has 7 heteroatoms. The number of hydrogen-bond acceptors (Lipinski definition) is 5. The van der Waals surface area contributed by atoms with E-state index in [-0.39, 0.29) is 11.5 Å². The molecule has 0 fully saturated rings. The van der Waals surface area contributed by atoms with Crippen LogP contribution in [-0.4, -0.2) is 35.6 Å². The Balaban J connectivity index is 2.27. The molecule has 1 N–H and O–H groups in total. The van der Waals surface area contributed by atoms with Crippen LogP contribution in [0.2, 0.25) is 0 Å². The molecule has 0 radical (unpaired) electrons. The second-order valence-electron chi connectivity index (χ2n) is 4.14. The van der Waals surface area contributed by atoms with E-state index >= 15 is 0 Å². The van der Waals surface area contributed by atoms with E-state index in [1.807, 2.05) is 13.0 Å². The maximum absolute atomic E-state index is 11.4. The number of pyridine rings is 1. The molecule has 0 spiro atoms. The molecule has 7 nitrogen and oxygen atoms in total. The van der Waals surface area contributed by atoms with Crippen molar-refractivity contribution >= 4 is 11.7 Å². The van der Waals surface area contributed by atoms with Crippen LogP contribution >= 0.6 is 0 Å². The zero-order valence-corrected chi connectivity index (χ0v) is 10.7. The van der Waals surface area contributed by atoms with Crippen LogP contribution in [0.4, 0.5) is 0 Å². The Labute approximate surface area is 114 Å². The van der Waals surface area contributed by atoms with E-state index in [1.54, 1.807) is 18.3 Å². The minimum Gasteiger partial charge on any atom is -0.477 e. The normalized spacial score (nSPS) is 10.8. The number of aromatic carboxylic acids is 1. The van der Waals surface area contributed by atoms with Crippen molar-refractivity contribution in [2.24, 2.45) is 0 Å². The number of carbonyl (C=O) groups is 1. The first-order valence-electron chi connectivity index (χ1n) is 6.10. The molecule has 0 amide bonds. The molecule has 3 rings (SSSR count). The van der Waals surface area contributed by atoms with E-state index in [2.05, 4.69) is 20.1 Å². The fraction of sp³-hybridized carbons (Fsp3) is 0.154. The van der Waals surface area contributed by atoms with Gasteiger partial charge in [0.05, 0.1) is 11.4 Å². The van der Waals surface area contributed by atoms with Gasteiger partial charge in [-0.25, -0.2) is 9.78 Å². The highest BCUT2D eigenvalue weighted by atomic mass is 16.4. The molecule has 0 aliphatic carbocycles. The van der Waals surface area contributed by atoms with Gasteiger partial charge in [-0.2, -0.15) is 9.50 Å². The monoisotopic (exact) mass is 269 g/mol. The first-order chi connectivity index (χ1) is 9.69. The average Bonchev–Trinajstić information content (AvgIpc) is 2.89. The Morgan fingerprint density at radius 3 is 2.80 bits per heavy atom. The number of hydrogen-bond donors (Lipinski definition) is 1. The molecule has 0 aromatic carbocycles. The maximum Gasteiger partial charge on any atom is 0.354 e. The van der Waals surface area contributed by atoms with Crippen LogP contribution in [0.25, 0.3) is 17.2 Å². The van der Waals surface area contributed by atoms with E-state index in [0.29, 0.717) is 23.6 Å². The lowest BCUT2D eigenvalue weighted by Crippen LogP contribution is -2.08. The number of carboxylic acids is 1. The molecule has 3 aromatic heterocycles. The lowest BCUT2D eigenvalue weighted by atomic mass is 10.2. The van der Waals surface area contributed by atoms with Crippen LogP contribution in [0.3, 0.4) is 0 Å². The number of nitrogens with zero attached hydrogens (tertiary/aromatic N) is 5. The first-order valence-corrected chi connectivity index (χ1v) is 6.10. The van der Waals surface area contributed by atoms with E-state index in [9.17, 15) is 9.90 Å². The highest BCUT2D eigenvalue weighted by Crippen LogP contribution is 2.17. The minimum absolute atomic E-state index is 0.0165. The van der Waals surface area contributed by atoms with Gasteiger partial charge in [0.15, 0.2) is 11.5 Å². The van der Waals surface area contributed by atoms with Crippen LogP contribution < -0.4 is 0 Å². The maximum atomic E-state index is 11.4. The molecule has 0 aliphatic rings. The highest BCUT2D eigenvalue weighted by molar-refractivity contribution is 5.87. The topological polar surface area (TPSA) is 93.3 Å². The third-order valence-corrected chi connectivity index (χ3v) is 2.82. The summed E-state index contributed by atoms with van der Waals surface area (Å²) < 4.78 is 1.24. The van der Waals surface area contributed by atoms with Crippen LogP contribution in [-0.2, 0) is 6.42 Å². The third kappa shape index (κ3) is 1.99. The van der Waals surface area contributed by atoms with Gasteiger partial charge in [-0.3, -0.25) is 4.98 Å². The Morgan fingerprint density at radius 2 is 2.15 bits per heavy atom. The van der Waals surface area contributed by atoms with Gasteiger partial charge in [-0.15, -0.1) is 5.10 Å². The second-order valence-corrected chi connectivity index (χ2v) is 4.14. The lowest BCUT2D eigenvalue weighted by molar-refractivity contribution is 0.0687. The molecule has 3 aromatic rings. The molecule has 0 bridgehead atoms. The second kappa shape index (κ2) is 4.69. The molecule has 0 saturated heterocycles. The van der Waals surface area contributed by atoms with Gasteiger partial charge in [0.25, 0.3) is 5.78 Å². The smallest absolute Gasteiger partial charge is 0.354 e. The summed E-state index contributed by atoms with van der Waals surface area (Å²) in [7, 11) is 0. The summed E-state index contributed by atoms with van der Waals surface area (Å²) >= 11 is 0. The lowest BCUT2D eigenvalue weighted by Gasteiger charge is -2.03. The average molecular weight is 269 g/mol. The van der Waals surface area contributed by atoms with Gasteiger partial charge in [-0.05, 0) is 18.2 Å². The zero-order chi connectivity index (χ0) is 14.1. The molecule has 3 heterocycles. The van der Waals surface area contributed by atoms with Crippen molar-refractivity contribution < 1.29 is 9.90 Å². The molecule has 0 unspecified atom stereocenters. The predicted molar refractivity (Wildman–Crippen MR) is 70.4 cm³/mol. The van der Waals surface area contributed by atoms with E-state index < -0.39 is 5.97 Å². The quantitative estimate of drug-likeness (QED) is 0.773. The molecular formula is C13H11N5O2. The Morgan fingerprint density at radius 1 is 1.30 bits per heavy atom. The first kappa shape index (κ1) is 12.2. The Kier molecular flexibility index (Phi) is 2.86. The number of aryl methyl sites for hydroxylation is 1. The summed E-state index contributed by atoms with van der Waals surface area (Å²) in [5.41, 5.74) is 1.08. The SMILES string of the molecule is CCc1nc2nc(-c3ccccn3)cc(C(=O)O)n2n1. The molecule has 0 saturated carbocycles. The van der Waals surface area contributed by atoms with Crippen molar-refractivity contribution in [3.05, 3.63) is 42.0 Å². The summed E-state index contributed by atoms with van der Waals surface area (Å²) in [6.45, 7) is 1.90. The summed E-state index contributed by atoms with van der Waals surface area (Å²) in [6.07, 6.45) is 2.24. The molecular weight excluding hydrogens is 258 g/mol. The van der Waals surface area contributed by atoms with Gasteiger partial charge in [-0.1, -0.05) is 13.0 Å². The third-order valence-electron chi connectivity index (χ3n) is 2.82. The van der Waals surface area contributed by atoms with Crippen molar-refractivity contribution in [1.82, 2.24) is 24.6 Å². The Bertz CT molecular complexity index is 782. The standard InChI is InChI=1S/C13H11N5O2/c1-2-11-16-13-15-9(8-5-3-4-6-14-8)7-10(12(19)20)18(13)17-11/h3-7H,2H2,1H3,(H,19,20). The van der Waals surface area contributed by atoms with Gasteiger partial charge in [0.2, 0.25) is 0 Å². The molecule has 0 atom stereocenters. The minimum atomic E-state index is -1.08. The number of carboxylic acid groups (broad SMARTS) is 1. The largest absolute Gasteiger partial charge is 0.477 e. The van der Waals surface area contributed by atoms with E-state index in [0.717, 1.165) is 0 Å². The zero-order valence-electron chi connectivity index (χ0n) is 10.7. The van der Waals surface area contributed by atoms with Gasteiger partial charge in [0.1, 0.15) is 0 Å². The van der Waals surface area contributed by atoms with Crippen molar-refractivity contribution in [2.75, 3.05) is 0 Å². The number of rotatable bonds is 3. The van der Waals surface area contributed by atoms with Crippen LogP contribution in [0.5, 0.6) is 0 Å². The van der Waals surface area contributed by atoms with Crippen LogP contribution in [0.15, 0.2) is 30.5 Å². The molecule has 20 heavy (non-hydrogen) atoms. The molecule has 100 valence electrons. The number of fused-ring (bicyclic) bond motifs is 1. The van der Waals surface area contributed by atoms with Gasteiger partial charge < -0.3 is 5.11 Å². The summed E-state index contributed by atoms with van der Waals surface area (Å²) in [6, 6.07) is 6.82. The van der Waals surface area contributed by atoms with Gasteiger partial charge in [0, 0.05) is 12.6 Å². The fourth-order valence-corrected chi connectivity index (χ4v) is 1.86. The Hall–Kier alpha value is -2.83. The summed E-state index contributed by atoms with van der Waals surface area (Å²) in [5.74, 6) is -0.261. The van der Waals surface area contributed by atoms with Crippen molar-refractivity contribution in [3.8, 4) is 11.4 Å². The predicted octanol–water partition coefficient (Wildman–Crippen LogP) is 1.45. The van der Waals surface area contributed by atoms with Crippen molar-refractivity contribution in [2.45, 2.75) is 13.3 Å². The van der Waals surface area contributed by atoms with Gasteiger partial charge >= 0.3 is 5.97 Å². The fourth-order valence-electron chi connectivity index (χ4n) is 1.86. The van der Waals surface area contributed by atoms with Crippen molar-refractivity contribution in [1.29, 1.82) is 0 Å². The van der Waals surface area contributed by atoms with E-state index in [1.165, 1.54) is 10.6 Å². The van der Waals surface area contributed by atoms with Crippen molar-refractivity contribution in [3.63, 3.8) is 0 Å². The van der Waals surface area contributed by atoms with Crippen LogP contribution in [0.1, 0.15) is 23.2 Å².